The molecule has 2 heterocycles. The first-order chi connectivity index (χ1) is 16.0. The van der Waals surface area contributed by atoms with E-state index in [0.29, 0.717) is 44.5 Å². The van der Waals surface area contributed by atoms with Gasteiger partial charge in [-0.1, -0.05) is 30.3 Å². The van der Waals surface area contributed by atoms with Crippen molar-refractivity contribution in [3.8, 4) is 5.75 Å². The number of hydrogen-bond donors (Lipinski definition) is 1. The SMILES string of the molecule is CCOC(=O)C1(Cc2ccc(OC)cc2)CCN(C(=O)C[C@H]2NC(=O)c3ccccc32)CC1. The lowest BCUT2D eigenvalue weighted by molar-refractivity contribution is -0.160. The van der Waals surface area contributed by atoms with Crippen molar-refractivity contribution in [3.05, 3.63) is 65.2 Å². The maximum Gasteiger partial charge on any atom is 0.312 e. The first-order valence-electron chi connectivity index (χ1n) is 11.4. The quantitative estimate of drug-likeness (QED) is 0.655. The second-order valence-electron chi connectivity index (χ2n) is 8.72. The first-order valence-corrected chi connectivity index (χ1v) is 11.4. The summed E-state index contributed by atoms with van der Waals surface area (Å²) in [6.07, 6.45) is 1.85. The molecule has 1 fully saturated rings. The lowest BCUT2D eigenvalue weighted by atomic mass is 9.73. The average Bonchev–Trinajstić information content (AvgIpc) is 3.15. The monoisotopic (exact) mass is 450 g/mol. The molecule has 2 amide bonds. The van der Waals surface area contributed by atoms with Crippen molar-refractivity contribution in [1.82, 2.24) is 10.2 Å². The van der Waals surface area contributed by atoms with Gasteiger partial charge in [0.1, 0.15) is 5.75 Å². The van der Waals surface area contributed by atoms with Gasteiger partial charge in [0.05, 0.1) is 31.6 Å². The number of nitrogens with one attached hydrogen (secondary N) is 1. The van der Waals surface area contributed by atoms with Gasteiger partial charge >= 0.3 is 5.97 Å². The summed E-state index contributed by atoms with van der Waals surface area (Å²) in [5.74, 6) is 0.414. The summed E-state index contributed by atoms with van der Waals surface area (Å²) in [6, 6.07) is 14.8. The molecular formula is C26H30N2O5. The third-order valence-electron chi connectivity index (χ3n) is 6.75. The van der Waals surface area contributed by atoms with Gasteiger partial charge in [-0.25, -0.2) is 0 Å². The van der Waals surface area contributed by atoms with Gasteiger partial charge in [0.25, 0.3) is 5.91 Å². The third kappa shape index (κ3) is 4.72. The highest BCUT2D eigenvalue weighted by Gasteiger charge is 2.44. The van der Waals surface area contributed by atoms with E-state index in [2.05, 4.69) is 5.32 Å². The largest absolute Gasteiger partial charge is 0.497 e. The van der Waals surface area contributed by atoms with Gasteiger partial charge in [0, 0.05) is 18.7 Å². The van der Waals surface area contributed by atoms with Crippen molar-refractivity contribution in [3.63, 3.8) is 0 Å². The van der Waals surface area contributed by atoms with Crippen LogP contribution in [0.2, 0.25) is 0 Å². The lowest BCUT2D eigenvalue weighted by Crippen LogP contribution is -2.48. The number of piperidine rings is 1. The summed E-state index contributed by atoms with van der Waals surface area (Å²) >= 11 is 0. The molecule has 1 atom stereocenters. The van der Waals surface area contributed by atoms with Gasteiger partial charge in [0.15, 0.2) is 0 Å². The molecule has 2 aromatic rings. The Balaban J connectivity index is 1.43. The van der Waals surface area contributed by atoms with Crippen molar-refractivity contribution in [1.29, 1.82) is 0 Å². The molecule has 2 aliphatic heterocycles. The Morgan fingerprint density at radius 1 is 1.09 bits per heavy atom. The minimum absolute atomic E-state index is 0.0149. The van der Waals surface area contributed by atoms with Crippen LogP contribution in [0.5, 0.6) is 5.75 Å². The number of methoxy groups -OCH3 is 1. The number of likely N-dealkylation sites (tertiary alicyclic amines) is 1. The summed E-state index contributed by atoms with van der Waals surface area (Å²) < 4.78 is 10.7. The standard InChI is InChI=1S/C26H30N2O5/c1-3-33-25(31)26(17-18-8-10-19(32-2)11-9-18)12-14-28(15-13-26)23(29)16-22-20-6-4-5-7-21(20)24(30)27-22/h4-11,22H,3,12-17H2,1-2H3,(H,27,30)/t22-/m1/s1. The minimum atomic E-state index is -0.657. The van der Waals surface area contributed by atoms with E-state index in [0.717, 1.165) is 16.9 Å². The average molecular weight is 451 g/mol. The zero-order valence-electron chi connectivity index (χ0n) is 19.1. The van der Waals surface area contributed by atoms with Crippen LogP contribution in [0, 0.1) is 5.41 Å². The number of ether oxygens (including phenoxy) is 2. The molecule has 33 heavy (non-hydrogen) atoms. The van der Waals surface area contributed by atoms with Gasteiger partial charge in [-0.05, 0) is 55.5 Å². The van der Waals surface area contributed by atoms with E-state index in [1.165, 1.54) is 0 Å². The third-order valence-corrected chi connectivity index (χ3v) is 6.75. The number of nitrogens with zero attached hydrogens (tertiary/aromatic N) is 1. The Morgan fingerprint density at radius 3 is 2.45 bits per heavy atom. The maximum absolute atomic E-state index is 13.1. The highest BCUT2D eigenvalue weighted by Crippen LogP contribution is 2.38. The van der Waals surface area contributed by atoms with Crippen LogP contribution in [0.4, 0.5) is 0 Å². The molecule has 0 bridgehead atoms. The molecule has 0 radical (unpaired) electrons. The van der Waals surface area contributed by atoms with Gasteiger partial charge in [-0.2, -0.15) is 0 Å². The minimum Gasteiger partial charge on any atom is -0.497 e. The number of hydrogen-bond acceptors (Lipinski definition) is 5. The number of carbonyl (C=O) groups is 3. The van der Waals surface area contributed by atoms with E-state index in [4.69, 9.17) is 9.47 Å². The molecule has 174 valence electrons. The zero-order chi connectivity index (χ0) is 23.4. The molecule has 7 nitrogen and oxygen atoms in total. The maximum atomic E-state index is 13.1. The Bertz CT molecular complexity index is 1030. The summed E-state index contributed by atoms with van der Waals surface area (Å²) in [6.45, 7) is 3.10. The summed E-state index contributed by atoms with van der Waals surface area (Å²) in [5, 5.41) is 2.91. The van der Waals surface area contributed by atoms with E-state index >= 15 is 0 Å². The molecule has 0 unspecified atom stereocenters. The molecule has 1 N–H and O–H groups in total. The highest BCUT2D eigenvalue weighted by molar-refractivity contribution is 5.99. The first kappa shape index (κ1) is 22.8. The second-order valence-corrected chi connectivity index (χ2v) is 8.72. The molecular weight excluding hydrogens is 420 g/mol. The Kier molecular flexibility index (Phi) is 6.67. The van der Waals surface area contributed by atoms with E-state index in [1.807, 2.05) is 49.4 Å². The van der Waals surface area contributed by atoms with Crippen LogP contribution in [0.1, 0.15) is 53.7 Å². The number of benzene rings is 2. The van der Waals surface area contributed by atoms with Crippen molar-refractivity contribution < 1.29 is 23.9 Å². The van der Waals surface area contributed by atoms with Crippen LogP contribution in [0.15, 0.2) is 48.5 Å². The molecule has 7 heteroatoms. The normalized spacial score (nSPS) is 18.9. The number of fused-ring (bicyclic) bond motifs is 1. The summed E-state index contributed by atoms with van der Waals surface area (Å²) in [5.41, 5.74) is 1.88. The predicted octanol–water partition coefficient (Wildman–Crippen LogP) is 3.28. The molecule has 0 spiro atoms. The smallest absolute Gasteiger partial charge is 0.312 e. The molecule has 0 saturated carbocycles. The Labute approximate surface area is 194 Å². The predicted molar refractivity (Wildman–Crippen MR) is 123 cm³/mol. The fourth-order valence-corrected chi connectivity index (χ4v) is 4.84. The Morgan fingerprint density at radius 2 is 1.79 bits per heavy atom. The summed E-state index contributed by atoms with van der Waals surface area (Å²) in [4.78, 5) is 40.0. The Hall–Kier alpha value is -3.35. The topological polar surface area (TPSA) is 84.9 Å². The van der Waals surface area contributed by atoms with Crippen LogP contribution >= 0.6 is 0 Å². The van der Waals surface area contributed by atoms with Gasteiger partial charge in [-0.15, -0.1) is 0 Å². The van der Waals surface area contributed by atoms with Crippen molar-refractivity contribution in [2.45, 2.75) is 38.6 Å². The van der Waals surface area contributed by atoms with Gasteiger partial charge < -0.3 is 19.7 Å². The van der Waals surface area contributed by atoms with Crippen molar-refractivity contribution in [2.75, 3.05) is 26.8 Å². The van der Waals surface area contributed by atoms with E-state index < -0.39 is 5.41 Å². The molecule has 4 rings (SSSR count). The van der Waals surface area contributed by atoms with Crippen molar-refractivity contribution >= 4 is 17.8 Å². The number of esters is 1. The van der Waals surface area contributed by atoms with Crippen LogP contribution in [0.25, 0.3) is 0 Å². The number of rotatable bonds is 7. The van der Waals surface area contributed by atoms with Gasteiger partial charge in [0.2, 0.25) is 5.91 Å². The highest BCUT2D eigenvalue weighted by atomic mass is 16.5. The number of amides is 2. The molecule has 2 aromatic carbocycles. The van der Waals surface area contributed by atoms with E-state index in [1.54, 1.807) is 18.1 Å². The van der Waals surface area contributed by atoms with Crippen molar-refractivity contribution in [2.24, 2.45) is 5.41 Å². The zero-order valence-corrected chi connectivity index (χ0v) is 19.1. The number of carbonyl (C=O) groups excluding carboxylic acids is 3. The fraction of sp³-hybridized carbons (Fsp3) is 0.423. The van der Waals surface area contributed by atoms with Crippen LogP contribution in [-0.2, 0) is 20.7 Å². The summed E-state index contributed by atoms with van der Waals surface area (Å²) in [7, 11) is 1.62. The van der Waals surface area contributed by atoms with Gasteiger partial charge in [-0.3, -0.25) is 14.4 Å². The fourth-order valence-electron chi connectivity index (χ4n) is 4.84. The van der Waals surface area contributed by atoms with Crippen LogP contribution < -0.4 is 10.1 Å². The second kappa shape index (κ2) is 9.65. The molecule has 2 aliphatic rings. The van der Waals surface area contributed by atoms with E-state index in [-0.39, 0.29) is 30.2 Å². The van der Waals surface area contributed by atoms with E-state index in [9.17, 15) is 14.4 Å². The molecule has 0 aromatic heterocycles. The lowest BCUT2D eigenvalue weighted by Gasteiger charge is -2.40. The molecule has 0 aliphatic carbocycles. The molecule has 1 saturated heterocycles. The van der Waals surface area contributed by atoms with Crippen LogP contribution in [-0.4, -0.2) is 49.5 Å². The van der Waals surface area contributed by atoms with Crippen LogP contribution in [0.3, 0.4) is 0 Å².